The fraction of sp³-hybridized carbons (Fsp3) is 0.296. The molecule has 0 saturated carbocycles. The van der Waals surface area contributed by atoms with Crippen LogP contribution in [0, 0.1) is 11.8 Å². The third-order valence-corrected chi connectivity index (χ3v) is 12.6. The molecule has 1 nitrogen and oxygen atoms in total. The van der Waals surface area contributed by atoms with Gasteiger partial charge in [-0.1, -0.05) is 172 Å². The van der Waals surface area contributed by atoms with E-state index in [1.807, 2.05) is 0 Å². The summed E-state index contributed by atoms with van der Waals surface area (Å²) in [7, 11) is 0. The molecule has 276 valence electrons. The van der Waals surface area contributed by atoms with Crippen molar-refractivity contribution in [3.05, 3.63) is 166 Å². The number of fused-ring (bicyclic) bond motifs is 2. The predicted octanol–water partition coefficient (Wildman–Crippen LogP) is 13.2. The van der Waals surface area contributed by atoms with Crippen molar-refractivity contribution in [1.29, 1.82) is 0 Å². The third-order valence-electron chi connectivity index (χ3n) is 12.6. The summed E-state index contributed by atoms with van der Waals surface area (Å²) >= 11 is 0. The zero-order valence-corrected chi connectivity index (χ0v) is 34.2. The molecular weight excluding hydrogens is 663 g/mol. The second kappa shape index (κ2) is 12.7. The van der Waals surface area contributed by atoms with E-state index in [1.165, 1.54) is 87.7 Å². The molecule has 7 aromatic carbocycles. The van der Waals surface area contributed by atoms with Crippen LogP contribution >= 0.6 is 0 Å². The lowest BCUT2D eigenvalue weighted by Crippen LogP contribution is -2.45. The van der Waals surface area contributed by atoms with E-state index in [0.29, 0.717) is 5.92 Å². The minimum absolute atomic E-state index is 0.0843. The fourth-order valence-electron chi connectivity index (χ4n) is 9.50. The quantitative estimate of drug-likeness (QED) is 0.129. The molecule has 2 unspecified atom stereocenters. The topological polar surface area (TPSA) is 3.24 Å². The van der Waals surface area contributed by atoms with Gasteiger partial charge in [0.15, 0.2) is 0 Å². The van der Waals surface area contributed by atoms with Crippen LogP contribution in [-0.4, -0.2) is 0 Å². The Labute approximate surface area is 328 Å². The molecule has 2 atom stereocenters. The van der Waals surface area contributed by atoms with Crippen LogP contribution in [0.5, 0.6) is 0 Å². The average molecular weight is 718 g/mol. The van der Waals surface area contributed by atoms with E-state index in [-0.39, 0.29) is 22.2 Å². The summed E-state index contributed by atoms with van der Waals surface area (Å²) in [5, 5.41) is 10.8. The van der Waals surface area contributed by atoms with Crippen LogP contribution < -0.4 is 15.3 Å². The number of hydrogen-bond acceptors (Lipinski definition) is 1. The van der Waals surface area contributed by atoms with Gasteiger partial charge in [-0.3, -0.25) is 0 Å². The van der Waals surface area contributed by atoms with E-state index in [2.05, 4.69) is 201 Å². The summed E-state index contributed by atoms with van der Waals surface area (Å²) in [6.07, 6.45) is 7.16. The van der Waals surface area contributed by atoms with Gasteiger partial charge in [-0.15, -0.1) is 0 Å². The van der Waals surface area contributed by atoms with E-state index >= 15 is 0 Å². The monoisotopic (exact) mass is 717 g/mol. The van der Waals surface area contributed by atoms with Gasteiger partial charge in [0.25, 0.3) is 0 Å². The molecule has 7 aromatic rings. The molecule has 0 heterocycles. The number of nitrogens with zero attached hydrogens (tertiary/aromatic N) is 1. The van der Waals surface area contributed by atoms with Crippen LogP contribution in [0.4, 0.5) is 11.4 Å². The summed E-state index contributed by atoms with van der Waals surface area (Å²) in [6, 6.07) is 47.2. The molecule has 0 fully saturated rings. The number of allylic oxidation sites excluding steroid dienone is 2. The molecule has 0 N–H and O–H groups in total. The Morgan fingerprint density at radius 2 is 1.04 bits per heavy atom. The van der Waals surface area contributed by atoms with Crippen LogP contribution in [0.15, 0.2) is 133 Å². The first-order valence-electron chi connectivity index (χ1n) is 20.4. The standard InChI is InChI=1S/C54H55N/c1-52(2,3)37-22-26-40(27-23-37)55(41-28-24-38(25-29-41)53(4,5)6)51-46-16-12-10-14-42(46)50(43-15-11-13-17-47(43)51)45-30-20-34-18-19-35-32-39(54(7,8)9)33-36-21-31-44(45)49(34)48(35)36/h10-12,14-16,18-33,43,47H,13,17H2,1-9H3. The second-order valence-corrected chi connectivity index (χ2v) is 19.3. The van der Waals surface area contributed by atoms with Crippen molar-refractivity contribution < 1.29 is 0 Å². The first kappa shape index (κ1) is 35.6. The molecule has 2 aliphatic rings. The van der Waals surface area contributed by atoms with Gasteiger partial charge in [0.1, 0.15) is 0 Å². The highest BCUT2D eigenvalue weighted by Crippen LogP contribution is 2.48. The molecule has 9 rings (SSSR count). The van der Waals surface area contributed by atoms with Crippen molar-refractivity contribution in [3.63, 3.8) is 0 Å². The van der Waals surface area contributed by atoms with Crippen LogP contribution in [-0.2, 0) is 16.2 Å². The van der Waals surface area contributed by atoms with Crippen LogP contribution in [0.1, 0.15) is 97.4 Å². The summed E-state index contributed by atoms with van der Waals surface area (Å²) in [4.78, 5) is 2.60. The second-order valence-electron chi connectivity index (χ2n) is 19.3. The summed E-state index contributed by atoms with van der Waals surface area (Å²) < 4.78 is 0. The van der Waals surface area contributed by atoms with Crippen molar-refractivity contribution in [3.8, 4) is 0 Å². The Bertz CT molecular complexity index is 2660. The molecule has 55 heavy (non-hydrogen) atoms. The van der Waals surface area contributed by atoms with Gasteiger partial charge >= 0.3 is 0 Å². The zero-order valence-electron chi connectivity index (χ0n) is 34.2. The minimum atomic E-state index is 0.0843. The molecule has 0 amide bonds. The highest BCUT2D eigenvalue weighted by Gasteiger charge is 2.37. The molecule has 0 saturated heterocycles. The van der Waals surface area contributed by atoms with Crippen LogP contribution in [0.25, 0.3) is 43.6 Å². The zero-order chi connectivity index (χ0) is 38.4. The normalized spacial score (nSPS) is 17.6. The Kier molecular flexibility index (Phi) is 8.21. The molecule has 2 aliphatic carbocycles. The largest absolute Gasteiger partial charge is 0.313 e. The molecule has 0 bridgehead atoms. The van der Waals surface area contributed by atoms with Crippen molar-refractivity contribution in [1.82, 2.24) is 0 Å². The average Bonchev–Trinajstić information content (AvgIpc) is 3.16. The van der Waals surface area contributed by atoms with E-state index < -0.39 is 0 Å². The van der Waals surface area contributed by atoms with Crippen molar-refractivity contribution >= 4 is 55.0 Å². The highest BCUT2D eigenvalue weighted by atomic mass is 15.2. The Hall–Kier alpha value is -5.14. The van der Waals surface area contributed by atoms with Gasteiger partial charge in [0.05, 0.1) is 0 Å². The van der Waals surface area contributed by atoms with E-state index in [0.717, 1.165) is 12.8 Å². The molecule has 0 aliphatic heterocycles. The smallest absolute Gasteiger partial charge is 0.0458 e. The van der Waals surface area contributed by atoms with Crippen LogP contribution in [0.2, 0.25) is 0 Å². The number of benzene rings is 7. The number of hydrogen-bond donors (Lipinski definition) is 0. The Morgan fingerprint density at radius 1 is 0.509 bits per heavy atom. The van der Waals surface area contributed by atoms with E-state index in [4.69, 9.17) is 0 Å². The van der Waals surface area contributed by atoms with Crippen molar-refractivity contribution in [2.24, 2.45) is 11.8 Å². The molecule has 1 heteroatoms. The first-order chi connectivity index (χ1) is 26.2. The lowest BCUT2D eigenvalue weighted by molar-refractivity contribution is 0.506. The Morgan fingerprint density at radius 3 is 1.62 bits per heavy atom. The fourth-order valence-corrected chi connectivity index (χ4v) is 9.50. The maximum Gasteiger partial charge on any atom is 0.0458 e. The Balaban J connectivity index is 1.35. The van der Waals surface area contributed by atoms with Crippen molar-refractivity contribution in [2.75, 3.05) is 4.90 Å². The van der Waals surface area contributed by atoms with Gasteiger partial charge in [0, 0.05) is 34.1 Å². The molecule has 0 aromatic heterocycles. The molecule has 0 spiro atoms. The summed E-state index contributed by atoms with van der Waals surface area (Å²) in [5.74, 6) is 0.558. The maximum absolute atomic E-state index is 2.60. The summed E-state index contributed by atoms with van der Waals surface area (Å²) in [5.41, 5.74) is 11.0. The lowest BCUT2D eigenvalue weighted by Gasteiger charge is -2.41. The van der Waals surface area contributed by atoms with Crippen molar-refractivity contribution in [2.45, 2.75) is 91.4 Å². The van der Waals surface area contributed by atoms with E-state index in [1.54, 1.807) is 0 Å². The minimum Gasteiger partial charge on any atom is -0.313 e. The van der Waals surface area contributed by atoms with Gasteiger partial charge in [-0.05, 0) is 119 Å². The number of rotatable bonds is 4. The molecule has 0 radical (unpaired) electrons. The summed E-state index contributed by atoms with van der Waals surface area (Å²) in [6.45, 7) is 20.8. The maximum atomic E-state index is 2.60. The SMILES string of the molecule is CC(C)(C)c1ccc(N(C2=c3ccccc3=C(c3ccc4ccc5cc(C(C)(C)C)cc6ccc3c4c56)C3C=CCCC23)c2ccc(C(C)(C)C)cc2)cc1. The molecular formula is C54H55N. The van der Waals surface area contributed by atoms with Crippen LogP contribution in [0.3, 0.4) is 0 Å². The lowest BCUT2D eigenvalue weighted by atomic mass is 9.70. The predicted molar refractivity (Wildman–Crippen MR) is 238 cm³/mol. The van der Waals surface area contributed by atoms with Gasteiger partial charge < -0.3 is 4.90 Å². The van der Waals surface area contributed by atoms with E-state index in [9.17, 15) is 0 Å². The number of anilines is 2. The first-order valence-corrected chi connectivity index (χ1v) is 20.4. The van der Waals surface area contributed by atoms with Gasteiger partial charge in [-0.25, -0.2) is 0 Å². The van der Waals surface area contributed by atoms with Gasteiger partial charge in [0.2, 0.25) is 0 Å². The van der Waals surface area contributed by atoms with Gasteiger partial charge in [-0.2, -0.15) is 0 Å². The highest BCUT2D eigenvalue weighted by molar-refractivity contribution is 6.25. The third kappa shape index (κ3) is 5.99.